The van der Waals surface area contributed by atoms with Gasteiger partial charge in [-0.2, -0.15) is 0 Å². The van der Waals surface area contributed by atoms with E-state index in [9.17, 15) is 9.90 Å². The number of carbonyl (C=O) groups is 1. The van der Waals surface area contributed by atoms with Crippen LogP contribution in [0.3, 0.4) is 0 Å². The van der Waals surface area contributed by atoms with E-state index in [1.807, 2.05) is 65.6 Å². The maximum Gasteiger partial charge on any atom is 0.222 e. The second-order valence-electron chi connectivity index (χ2n) is 9.30. The average Bonchev–Trinajstić information content (AvgIpc) is 3.67. The van der Waals surface area contributed by atoms with Crippen molar-refractivity contribution in [1.82, 2.24) is 19.9 Å². The molecule has 0 radical (unpaired) electrons. The van der Waals surface area contributed by atoms with Gasteiger partial charge in [-0.1, -0.05) is 54.6 Å². The number of likely N-dealkylation sites (tertiary alicyclic amines) is 1. The molecule has 1 saturated heterocycles. The van der Waals surface area contributed by atoms with Crippen molar-refractivity contribution >= 4 is 28.2 Å². The first-order valence-electron chi connectivity index (χ1n) is 12.5. The molecule has 0 spiro atoms. The lowest BCUT2D eigenvalue weighted by Gasteiger charge is -2.15. The number of aromatic hydroxyl groups is 1. The van der Waals surface area contributed by atoms with Crippen molar-refractivity contribution < 1.29 is 9.90 Å². The zero-order valence-electron chi connectivity index (χ0n) is 20.3. The number of para-hydroxylation sites is 1. The standard InChI is InChI=1S/C30H27N5O2/c36-27-6-3-16-35(27)17-15-20-7-9-22(10-8-20)29(28-24-4-1-2-5-25(24)34-30(28)37)33-23-13-11-21(12-14-23)26-18-31-19-32-26/h1-2,4-5,7-14,18-19,34,37H,3,6,15-17H2,(H,31,32). The van der Waals surface area contributed by atoms with E-state index in [0.717, 1.165) is 64.9 Å². The van der Waals surface area contributed by atoms with Gasteiger partial charge in [0.05, 0.1) is 35.2 Å². The molecule has 1 aliphatic heterocycles. The van der Waals surface area contributed by atoms with Gasteiger partial charge in [-0.15, -0.1) is 0 Å². The Morgan fingerprint density at radius 1 is 1.03 bits per heavy atom. The number of rotatable bonds is 7. The van der Waals surface area contributed by atoms with Crippen molar-refractivity contribution in [1.29, 1.82) is 0 Å². The van der Waals surface area contributed by atoms with Crippen molar-refractivity contribution in [3.8, 4) is 17.1 Å². The van der Waals surface area contributed by atoms with Crippen LogP contribution >= 0.6 is 0 Å². The van der Waals surface area contributed by atoms with Crippen molar-refractivity contribution in [3.63, 3.8) is 0 Å². The molecule has 7 nitrogen and oxygen atoms in total. The molecule has 0 saturated carbocycles. The van der Waals surface area contributed by atoms with Crippen LogP contribution in [0.15, 0.2) is 90.3 Å². The Morgan fingerprint density at radius 2 is 1.84 bits per heavy atom. The highest BCUT2D eigenvalue weighted by molar-refractivity contribution is 6.21. The zero-order valence-corrected chi connectivity index (χ0v) is 20.3. The van der Waals surface area contributed by atoms with Crippen molar-refractivity contribution in [3.05, 3.63) is 102 Å². The highest BCUT2D eigenvalue weighted by Gasteiger charge is 2.20. The zero-order chi connectivity index (χ0) is 25.2. The van der Waals surface area contributed by atoms with Gasteiger partial charge >= 0.3 is 0 Å². The van der Waals surface area contributed by atoms with Crippen LogP contribution in [-0.2, 0) is 11.2 Å². The Bertz CT molecular complexity index is 1570. The molecule has 3 heterocycles. The third kappa shape index (κ3) is 4.63. The van der Waals surface area contributed by atoms with E-state index in [2.05, 4.69) is 27.1 Å². The first kappa shape index (κ1) is 22.8. The number of imidazole rings is 1. The molecule has 0 unspecified atom stereocenters. The molecule has 1 aliphatic rings. The van der Waals surface area contributed by atoms with Gasteiger partial charge < -0.3 is 20.0 Å². The Morgan fingerprint density at radius 3 is 2.57 bits per heavy atom. The molecule has 37 heavy (non-hydrogen) atoms. The number of carbonyl (C=O) groups excluding carboxylic acids is 1. The Hall–Kier alpha value is -4.65. The van der Waals surface area contributed by atoms with Crippen LogP contribution in [-0.4, -0.2) is 49.7 Å². The number of benzene rings is 3. The fraction of sp³-hybridized carbons (Fsp3) is 0.167. The summed E-state index contributed by atoms with van der Waals surface area (Å²) < 4.78 is 0. The van der Waals surface area contributed by atoms with Gasteiger partial charge in [0.15, 0.2) is 5.88 Å². The molecule has 5 aromatic rings. The number of hydrogen-bond donors (Lipinski definition) is 3. The summed E-state index contributed by atoms with van der Waals surface area (Å²) in [6, 6.07) is 24.0. The molecule has 7 heteroatoms. The lowest BCUT2D eigenvalue weighted by molar-refractivity contribution is -0.127. The predicted molar refractivity (Wildman–Crippen MR) is 145 cm³/mol. The summed E-state index contributed by atoms with van der Waals surface area (Å²) >= 11 is 0. The smallest absolute Gasteiger partial charge is 0.222 e. The van der Waals surface area contributed by atoms with Crippen LogP contribution in [0.4, 0.5) is 5.69 Å². The minimum atomic E-state index is 0.0886. The van der Waals surface area contributed by atoms with Gasteiger partial charge in [-0.05, 0) is 42.2 Å². The molecule has 1 fully saturated rings. The molecule has 3 N–H and O–H groups in total. The highest BCUT2D eigenvalue weighted by Crippen LogP contribution is 2.32. The summed E-state index contributed by atoms with van der Waals surface area (Å²) in [5.74, 6) is 0.338. The van der Waals surface area contributed by atoms with Gasteiger partial charge in [0.25, 0.3) is 0 Å². The normalized spacial score (nSPS) is 14.1. The summed E-state index contributed by atoms with van der Waals surface area (Å²) in [6.07, 6.45) is 5.87. The summed E-state index contributed by atoms with van der Waals surface area (Å²) in [4.78, 5) is 29.2. The molecule has 2 aromatic heterocycles. The molecule has 0 atom stereocenters. The third-order valence-electron chi connectivity index (χ3n) is 6.91. The topological polar surface area (TPSA) is 97.4 Å². The van der Waals surface area contributed by atoms with Crippen LogP contribution in [0.5, 0.6) is 5.88 Å². The summed E-state index contributed by atoms with van der Waals surface area (Å²) in [5, 5.41) is 11.8. The number of H-pyrrole nitrogens is 2. The number of aromatic nitrogens is 3. The number of nitrogens with zero attached hydrogens (tertiary/aromatic N) is 3. The number of fused-ring (bicyclic) bond motifs is 1. The molecular weight excluding hydrogens is 462 g/mol. The van der Waals surface area contributed by atoms with E-state index in [1.165, 1.54) is 0 Å². The van der Waals surface area contributed by atoms with E-state index in [1.54, 1.807) is 12.5 Å². The van der Waals surface area contributed by atoms with Crippen molar-refractivity contribution in [2.24, 2.45) is 4.99 Å². The van der Waals surface area contributed by atoms with Crippen molar-refractivity contribution in [2.75, 3.05) is 13.1 Å². The van der Waals surface area contributed by atoms with E-state index >= 15 is 0 Å². The maximum atomic E-state index is 11.9. The van der Waals surface area contributed by atoms with E-state index < -0.39 is 0 Å². The largest absolute Gasteiger partial charge is 0.494 e. The van der Waals surface area contributed by atoms with Gasteiger partial charge in [0.1, 0.15) is 0 Å². The maximum absolute atomic E-state index is 11.9. The molecule has 3 aromatic carbocycles. The second kappa shape index (κ2) is 9.78. The molecule has 6 rings (SSSR count). The Labute approximate surface area is 214 Å². The molecule has 1 amide bonds. The summed E-state index contributed by atoms with van der Waals surface area (Å²) in [6.45, 7) is 1.60. The van der Waals surface area contributed by atoms with Crippen LogP contribution < -0.4 is 0 Å². The summed E-state index contributed by atoms with van der Waals surface area (Å²) in [5.41, 5.74) is 7.01. The Balaban J connectivity index is 1.36. The first-order chi connectivity index (χ1) is 18.2. The average molecular weight is 490 g/mol. The number of amides is 1. The lowest BCUT2D eigenvalue weighted by Crippen LogP contribution is -2.26. The van der Waals surface area contributed by atoms with Crippen LogP contribution in [0.2, 0.25) is 0 Å². The number of nitrogens with one attached hydrogen (secondary N) is 2. The minimum absolute atomic E-state index is 0.0886. The molecule has 0 aliphatic carbocycles. The van der Waals surface area contributed by atoms with Gasteiger partial charge in [0, 0.05) is 36.0 Å². The second-order valence-corrected chi connectivity index (χ2v) is 9.30. The number of aromatic amines is 2. The van der Waals surface area contributed by atoms with Gasteiger partial charge in [-0.25, -0.2) is 9.98 Å². The van der Waals surface area contributed by atoms with E-state index in [-0.39, 0.29) is 11.8 Å². The van der Waals surface area contributed by atoms with E-state index in [0.29, 0.717) is 17.7 Å². The predicted octanol–water partition coefficient (Wildman–Crippen LogP) is 5.60. The van der Waals surface area contributed by atoms with Crippen LogP contribution in [0.25, 0.3) is 22.2 Å². The monoisotopic (exact) mass is 489 g/mol. The first-order valence-corrected chi connectivity index (χ1v) is 12.5. The Kier molecular flexibility index (Phi) is 6.02. The molecule has 0 bridgehead atoms. The lowest BCUT2D eigenvalue weighted by atomic mass is 9.99. The quantitative estimate of drug-likeness (QED) is 0.260. The van der Waals surface area contributed by atoms with E-state index in [4.69, 9.17) is 4.99 Å². The third-order valence-corrected chi connectivity index (χ3v) is 6.91. The molecular formula is C30H27N5O2. The van der Waals surface area contributed by atoms with Crippen LogP contribution in [0.1, 0.15) is 29.5 Å². The number of aliphatic imine (C=N–C) groups is 1. The van der Waals surface area contributed by atoms with Crippen molar-refractivity contribution in [2.45, 2.75) is 19.3 Å². The SMILES string of the molecule is O=C1CCCN1CCc1ccc(C(=Nc2ccc(-c3cnc[nH]3)cc2)c2c(O)[nH]c3ccccc23)cc1. The summed E-state index contributed by atoms with van der Waals surface area (Å²) in [7, 11) is 0. The fourth-order valence-electron chi connectivity index (χ4n) is 4.92. The minimum Gasteiger partial charge on any atom is -0.494 e. The van der Waals surface area contributed by atoms with Gasteiger partial charge in [-0.3, -0.25) is 4.79 Å². The van der Waals surface area contributed by atoms with Crippen LogP contribution in [0, 0.1) is 0 Å². The number of hydrogen-bond acceptors (Lipinski definition) is 4. The molecule has 184 valence electrons. The van der Waals surface area contributed by atoms with Gasteiger partial charge in [0.2, 0.25) is 5.91 Å². The highest BCUT2D eigenvalue weighted by atomic mass is 16.3. The fourth-order valence-corrected chi connectivity index (χ4v) is 4.92.